The predicted molar refractivity (Wildman–Crippen MR) is 104 cm³/mol. The lowest BCUT2D eigenvalue weighted by Crippen LogP contribution is -2.28. The van der Waals surface area contributed by atoms with Gasteiger partial charge in [0.1, 0.15) is 12.4 Å². The molecule has 0 fully saturated rings. The Morgan fingerprint density at radius 3 is 2.28 bits per heavy atom. The van der Waals surface area contributed by atoms with E-state index in [9.17, 15) is 4.79 Å². The number of benzene rings is 2. The number of hydrogen-bond donors (Lipinski definition) is 1. The molecule has 0 aliphatic rings. The van der Waals surface area contributed by atoms with E-state index >= 15 is 0 Å². The first-order valence-electron chi connectivity index (χ1n) is 8.89. The van der Waals surface area contributed by atoms with Crippen molar-refractivity contribution in [1.82, 2.24) is 5.32 Å². The number of carbonyl (C=O) groups excluding carboxylic acids is 1. The van der Waals surface area contributed by atoms with Crippen molar-refractivity contribution in [3.63, 3.8) is 0 Å². The summed E-state index contributed by atoms with van der Waals surface area (Å²) in [5, 5.41) is 2.91. The maximum absolute atomic E-state index is 12.2. The van der Waals surface area contributed by atoms with E-state index in [1.54, 1.807) is 0 Å². The van der Waals surface area contributed by atoms with Gasteiger partial charge in [-0.25, -0.2) is 0 Å². The molecule has 25 heavy (non-hydrogen) atoms. The second-order valence-corrected chi connectivity index (χ2v) is 7.62. The fourth-order valence-electron chi connectivity index (χ4n) is 2.64. The lowest BCUT2D eigenvalue weighted by Gasteiger charge is -2.19. The molecule has 0 atom stereocenters. The molecule has 3 heteroatoms. The van der Waals surface area contributed by atoms with Crippen molar-refractivity contribution in [3.05, 3.63) is 65.2 Å². The van der Waals surface area contributed by atoms with Crippen LogP contribution in [0, 0.1) is 0 Å². The Morgan fingerprint density at radius 2 is 1.68 bits per heavy atom. The Hall–Kier alpha value is -2.29. The summed E-state index contributed by atoms with van der Waals surface area (Å²) in [6.07, 6.45) is 0. The first-order valence-corrected chi connectivity index (χ1v) is 8.89. The molecule has 0 heterocycles. The largest absolute Gasteiger partial charge is 0.491 e. The highest BCUT2D eigenvalue weighted by Gasteiger charge is 2.14. The summed E-state index contributed by atoms with van der Waals surface area (Å²) in [4.78, 5) is 12.2. The maximum atomic E-state index is 12.2. The predicted octanol–water partition coefficient (Wildman–Crippen LogP) is 4.92. The lowest BCUT2D eigenvalue weighted by molar-refractivity contribution is 0.0947. The van der Waals surface area contributed by atoms with Gasteiger partial charge >= 0.3 is 0 Å². The molecule has 134 valence electrons. The van der Waals surface area contributed by atoms with Crippen molar-refractivity contribution < 1.29 is 9.53 Å². The molecule has 1 amide bonds. The average Bonchev–Trinajstić information content (AvgIpc) is 2.58. The highest BCUT2D eigenvalue weighted by molar-refractivity contribution is 5.94. The molecule has 0 unspecified atom stereocenters. The summed E-state index contributed by atoms with van der Waals surface area (Å²) < 4.78 is 5.83. The van der Waals surface area contributed by atoms with Gasteiger partial charge in [-0.15, -0.1) is 0 Å². The third-order valence-electron chi connectivity index (χ3n) is 4.20. The van der Waals surface area contributed by atoms with E-state index in [-0.39, 0.29) is 11.3 Å². The van der Waals surface area contributed by atoms with Crippen LogP contribution >= 0.6 is 0 Å². The standard InChI is InChI=1S/C22H29NO2/c1-16(2)19-8-6-7-9-20(19)25-15-14-23-21(24)17-10-12-18(13-11-17)22(3,4)5/h6-13,16H,14-15H2,1-5H3,(H,23,24). The molecule has 0 spiro atoms. The normalized spacial score (nSPS) is 11.4. The summed E-state index contributed by atoms with van der Waals surface area (Å²) in [6, 6.07) is 15.8. The van der Waals surface area contributed by atoms with Gasteiger partial charge in [-0.3, -0.25) is 4.79 Å². The van der Waals surface area contributed by atoms with Gasteiger partial charge < -0.3 is 10.1 Å². The number of para-hydroxylation sites is 1. The van der Waals surface area contributed by atoms with Gasteiger partial charge in [0, 0.05) is 5.56 Å². The van der Waals surface area contributed by atoms with E-state index in [2.05, 4.69) is 46.0 Å². The zero-order valence-corrected chi connectivity index (χ0v) is 15.9. The van der Waals surface area contributed by atoms with Crippen LogP contribution in [0.5, 0.6) is 5.75 Å². The fraction of sp³-hybridized carbons (Fsp3) is 0.409. The van der Waals surface area contributed by atoms with Crippen LogP contribution in [-0.2, 0) is 5.41 Å². The van der Waals surface area contributed by atoms with E-state index in [1.807, 2.05) is 42.5 Å². The Bertz CT molecular complexity index is 697. The fourth-order valence-corrected chi connectivity index (χ4v) is 2.64. The molecule has 0 saturated heterocycles. The molecule has 2 rings (SSSR count). The van der Waals surface area contributed by atoms with Crippen molar-refractivity contribution in [1.29, 1.82) is 0 Å². The minimum absolute atomic E-state index is 0.0683. The average molecular weight is 339 g/mol. The SMILES string of the molecule is CC(C)c1ccccc1OCCNC(=O)c1ccc(C(C)(C)C)cc1. The van der Waals surface area contributed by atoms with Crippen LogP contribution in [0.25, 0.3) is 0 Å². The minimum atomic E-state index is -0.0683. The van der Waals surface area contributed by atoms with Crippen LogP contribution in [-0.4, -0.2) is 19.1 Å². The van der Waals surface area contributed by atoms with Gasteiger partial charge in [0.15, 0.2) is 0 Å². The molecule has 0 aliphatic heterocycles. The van der Waals surface area contributed by atoms with Crippen molar-refractivity contribution in [2.45, 2.75) is 46.0 Å². The van der Waals surface area contributed by atoms with Gasteiger partial charge in [0.2, 0.25) is 0 Å². The van der Waals surface area contributed by atoms with E-state index in [1.165, 1.54) is 11.1 Å². The minimum Gasteiger partial charge on any atom is -0.491 e. The highest BCUT2D eigenvalue weighted by Crippen LogP contribution is 2.25. The number of rotatable bonds is 6. The van der Waals surface area contributed by atoms with Crippen molar-refractivity contribution in [3.8, 4) is 5.75 Å². The first-order chi connectivity index (χ1) is 11.8. The summed E-state index contributed by atoms with van der Waals surface area (Å²) in [6.45, 7) is 11.7. The summed E-state index contributed by atoms with van der Waals surface area (Å²) in [7, 11) is 0. The Labute approximate surface area is 151 Å². The zero-order chi connectivity index (χ0) is 18.4. The summed E-state index contributed by atoms with van der Waals surface area (Å²) in [5.41, 5.74) is 3.17. The Morgan fingerprint density at radius 1 is 1.04 bits per heavy atom. The van der Waals surface area contributed by atoms with Crippen LogP contribution < -0.4 is 10.1 Å². The van der Waals surface area contributed by atoms with Crippen LogP contribution in [0.3, 0.4) is 0 Å². The quantitative estimate of drug-likeness (QED) is 0.759. The molecule has 1 N–H and O–H groups in total. The van der Waals surface area contributed by atoms with Gasteiger partial charge in [0.25, 0.3) is 5.91 Å². The van der Waals surface area contributed by atoms with Gasteiger partial charge in [-0.2, -0.15) is 0 Å². The van der Waals surface area contributed by atoms with Crippen LogP contribution in [0.15, 0.2) is 48.5 Å². The third kappa shape index (κ3) is 5.35. The topological polar surface area (TPSA) is 38.3 Å². The lowest BCUT2D eigenvalue weighted by atomic mass is 9.87. The van der Waals surface area contributed by atoms with Crippen molar-refractivity contribution in [2.24, 2.45) is 0 Å². The van der Waals surface area contributed by atoms with E-state index in [4.69, 9.17) is 4.74 Å². The molecule has 0 saturated carbocycles. The van der Waals surface area contributed by atoms with E-state index < -0.39 is 0 Å². The highest BCUT2D eigenvalue weighted by atomic mass is 16.5. The monoisotopic (exact) mass is 339 g/mol. The summed E-state index contributed by atoms with van der Waals surface area (Å²) in [5.74, 6) is 1.23. The van der Waals surface area contributed by atoms with E-state index in [0.29, 0.717) is 24.6 Å². The number of ether oxygens (including phenoxy) is 1. The molecular formula is C22H29NO2. The Kier molecular flexibility index (Phi) is 6.24. The number of amides is 1. The maximum Gasteiger partial charge on any atom is 0.251 e. The van der Waals surface area contributed by atoms with Crippen molar-refractivity contribution >= 4 is 5.91 Å². The molecule has 2 aromatic rings. The third-order valence-corrected chi connectivity index (χ3v) is 4.20. The molecule has 0 bridgehead atoms. The summed E-state index contributed by atoms with van der Waals surface area (Å²) >= 11 is 0. The first kappa shape index (κ1) is 19.0. The van der Waals surface area contributed by atoms with Gasteiger partial charge in [-0.05, 0) is 40.7 Å². The molecule has 0 radical (unpaired) electrons. The van der Waals surface area contributed by atoms with Crippen LogP contribution in [0.2, 0.25) is 0 Å². The second-order valence-electron chi connectivity index (χ2n) is 7.62. The van der Waals surface area contributed by atoms with Crippen LogP contribution in [0.4, 0.5) is 0 Å². The number of nitrogens with one attached hydrogen (secondary N) is 1. The smallest absolute Gasteiger partial charge is 0.251 e. The zero-order valence-electron chi connectivity index (χ0n) is 15.9. The van der Waals surface area contributed by atoms with Gasteiger partial charge in [0.05, 0.1) is 6.54 Å². The van der Waals surface area contributed by atoms with Crippen LogP contribution in [0.1, 0.15) is 62.0 Å². The molecule has 3 nitrogen and oxygen atoms in total. The molecule has 0 aliphatic carbocycles. The number of hydrogen-bond acceptors (Lipinski definition) is 2. The van der Waals surface area contributed by atoms with Gasteiger partial charge in [-0.1, -0.05) is 65.0 Å². The molecular weight excluding hydrogens is 310 g/mol. The Balaban J connectivity index is 1.85. The number of carbonyl (C=O) groups is 1. The molecule has 0 aromatic heterocycles. The molecule has 2 aromatic carbocycles. The van der Waals surface area contributed by atoms with Crippen molar-refractivity contribution in [2.75, 3.05) is 13.2 Å². The van der Waals surface area contributed by atoms with E-state index in [0.717, 1.165) is 5.75 Å². The second kappa shape index (κ2) is 8.19.